The van der Waals surface area contributed by atoms with E-state index >= 15 is 0 Å². The normalized spacial score (nSPS) is 21.6. The van der Waals surface area contributed by atoms with Crippen LogP contribution in [-0.2, 0) is 22.6 Å². The summed E-state index contributed by atoms with van der Waals surface area (Å²) in [7, 11) is 0. The predicted molar refractivity (Wildman–Crippen MR) is 76.1 cm³/mol. The first-order chi connectivity index (χ1) is 9.58. The zero-order valence-electron chi connectivity index (χ0n) is 11.8. The molecule has 1 fully saturated rings. The molecule has 1 amide bonds. The van der Waals surface area contributed by atoms with E-state index in [0.29, 0.717) is 12.5 Å². The van der Waals surface area contributed by atoms with Gasteiger partial charge < -0.3 is 10.4 Å². The van der Waals surface area contributed by atoms with Crippen molar-refractivity contribution in [3.8, 4) is 0 Å². The highest BCUT2D eigenvalue weighted by molar-refractivity contribution is 5.79. The quantitative estimate of drug-likeness (QED) is 0.867. The summed E-state index contributed by atoms with van der Waals surface area (Å²) in [5.74, 6) is -0.195. The van der Waals surface area contributed by atoms with Gasteiger partial charge in [-0.05, 0) is 29.9 Å². The minimum atomic E-state index is -0.854. The average Bonchev–Trinajstić information content (AvgIpc) is 2.83. The SMILES string of the molecule is CC1CCCC1C(=O)NCc1ccccc1CC(=O)O. The maximum absolute atomic E-state index is 12.1. The number of rotatable bonds is 5. The fraction of sp³-hybridized carbons (Fsp3) is 0.500. The van der Waals surface area contributed by atoms with Crippen molar-refractivity contribution in [1.82, 2.24) is 5.32 Å². The molecule has 2 atom stereocenters. The molecule has 1 aliphatic rings. The number of carboxylic acid groups (broad SMARTS) is 1. The molecule has 1 aliphatic carbocycles. The summed E-state index contributed by atoms with van der Waals surface area (Å²) in [6, 6.07) is 7.36. The summed E-state index contributed by atoms with van der Waals surface area (Å²) in [4.78, 5) is 23.0. The lowest BCUT2D eigenvalue weighted by Crippen LogP contribution is -2.31. The number of hydrogen-bond donors (Lipinski definition) is 2. The zero-order chi connectivity index (χ0) is 14.5. The van der Waals surface area contributed by atoms with Gasteiger partial charge in [-0.1, -0.05) is 37.6 Å². The summed E-state index contributed by atoms with van der Waals surface area (Å²) in [6.45, 7) is 2.53. The van der Waals surface area contributed by atoms with Gasteiger partial charge in [-0.15, -0.1) is 0 Å². The van der Waals surface area contributed by atoms with Crippen molar-refractivity contribution in [2.24, 2.45) is 11.8 Å². The summed E-state index contributed by atoms with van der Waals surface area (Å²) < 4.78 is 0. The van der Waals surface area contributed by atoms with Crippen LogP contribution < -0.4 is 5.32 Å². The van der Waals surface area contributed by atoms with E-state index in [1.54, 1.807) is 6.07 Å². The van der Waals surface area contributed by atoms with E-state index < -0.39 is 5.97 Å². The molecule has 20 heavy (non-hydrogen) atoms. The average molecular weight is 275 g/mol. The van der Waals surface area contributed by atoms with Gasteiger partial charge >= 0.3 is 5.97 Å². The van der Waals surface area contributed by atoms with Gasteiger partial charge in [-0.25, -0.2) is 0 Å². The monoisotopic (exact) mass is 275 g/mol. The Morgan fingerprint density at radius 2 is 1.95 bits per heavy atom. The number of benzene rings is 1. The van der Waals surface area contributed by atoms with E-state index in [1.165, 1.54) is 0 Å². The summed E-state index contributed by atoms with van der Waals surface area (Å²) in [6.07, 6.45) is 3.19. The highest BCUT2D eigenvalue weighted by Crippen LogP contribution is 2.31. The molecule has 0 heterocycles. The smallest absolute Gasteiger partial charge is 0.307 e. The second kappa shape index (κ2) is 6.55. The first kappa shape index (κ1) is 14.6. The third-order valence-corrected chi connectivity index (χ3v) is 4.11. The van der Waals surface area contributed by atoms with E-state index in [1.807, 2.05) is 18.2 Å². The van der Waals surface area contributed by atoms with Crippen LogP contribution in [0.25, 0.3) is 0 Å². The van der Waals surface area contributed by atoms with Crippen molar-refractivity contribution in [1.29, 1.82) is 0 Å². The van der Waals surface area contributed by atoms with Gasteiger partial charge in [0.25, 0.3) is 0 Å². The lowest BCUT2D eigenvalue weighted by atomic mass is 9.97. The van der Waals surface area contributed by atoms with Crippen LogP contribution in [-0.4, -0.2) is 17.0 Å². The molecule has 1 aromatic rings. The maximum Gasteiger partial charge on any atom is 0.307 e. The van der Waals surface area contributed by atoms with Crippen LogP contribution in [0.2, 0.25) is 0 Å². The Bertz CT molecular complexity index is 498. The van der Waals surface area contributed by atoms with E-state index in [-0.39, 0.29) is 18.2 Å². The van der Waals surface area contributed by atoms with E-state index in [4.69, 9.17) is 5.11 Å². The number of hydrogen-bond acceptors (Lipinski definition) is 2. The fourth-order valence-electron chi connectivity index (χ4n) is 2.91. The largest absolute Gasteiger partial charge is 0.481 e. The Morgan fingerprint density at radius 3 is 2.55 bits per heavy atom. The van der Waals surface area contributed by atoms with Crippen LogP contribution in [0.15, 0.2) is 24.3 Å². The number of carboxylic acids is 1. The van der Waals surface area contributed by atoms with Gasteiger partial charge in [-0.3, -0.25) is 9.59 Å². The number of nitrogens with one attached hydrogen (secondary N) is 1. The number of aliphatic carboxylic acids is 1. The van der Waals surface area contributed by atoms with Crippen molar-refractivity contribution in [3.63, 3.8) is 0 Å². The molecular formula is C16H21NO3. The van der Waals surface area contributed by atoms with Crippen molar-refractivity contribution in [2.45, 2.75) is 39.2 Å². The molecule has 0 saturated heterocycles. The molecular weight excluding hydrogens is 254 g/mol. The first-order valence-corrected chi connectivity index (χ1v) is 7.14. The van der Waals surface area contributed by atoms with Crippen molar-refractivity contribution >= 4 is 11.9 Å². The minimum absolute atomic E-state index is 0.00806. The van der Waals surface area contributed by atoms with E-state index in [2.05, 4.69) is 12.2 Å². The molecule has 2 rings (SSSR count). The lowest BCUT2D eigenvalue weighted by Gasteiger charge is -2.16. The molecule has 0 aromatic heterocycles. The predicted octanol–water partition coefficient (Wildman–Crippen LogP) is 2.37. The number of amides is 1. The molecule has 0 aliphatic heterocycles. The number of carbonyl (C=O) groups is 2. The molecule has 0 spiro atoms. The van der Waals surface area contributed by atoms with Crippen molar-refractivity contribution in [2.75, 3.05) is 0 Å². The highest BCUT2D eigenvalue weighted by atomic mass is 16.4. The molecule has 2 N–H and O–H groups in total. The second-order valence-corrected chi connectivity index (χ2v) is 5.57. The Morgan fingerprint density at radius 1 is 1.25 bits per heavy atom. The zero-order valence-corrected chi connectivity index (χ0v) is 11.8. The van der Waals surface area contributed by atoms with E-state index in [0.717, 1.165) is 30.4 Å². The van der Waals surface area contributed by atoms with Gasteiger partial charge in [0.2, 0.25) is 5.91 Å². The Balaban J connectivity index is 1.96. The maximum atomic E-state index is 12.1. The van der Waals surface area contributed by atoms with Crippen LogP contribution in [0.3, 0.4) is 0 Å². The standard InChI is InChI=1S/C16H21NO3/c1-11-5-4-8-14(11)16(20)17-10-13-7-3-2-6-12(13)9-15(18)19/h2-3,6-7,11,14H,4-5,8-10H2,1H3,(H,17,20)(H,18,19). The van der Waals surface area contributed by atoms with Crippen LogP contribution in [0, 0.1) is 11.8 Å². The van der Waals surface area contributed by atoms with Crippen LogP contribution in [0.5, 0.6) is 0 Å². The number of carbonyl (C=O) groups excluding carboxylic acids is 1. The third kappa shape index (κ3) is 3.59. The molecule has 4 nitrogen and oxygen atoms in total. The Kier molecular flexibility index (Phi) is 4.77. The van der Waals surface area contributed by atoms with Gasteiger partial charge in [0.1, 0.15) is 0 Å². The van der Waals surface area contributed by atoms with Gasteiger partial charge in [0.05, 0.1) is 6.42 Å². The highest BCUT2D eigenvalue weighted by Gasteiger charge is 2.29. The molecule has 108 valence electrons. The second-order valence-electron chi connectivity index (χ2n) is 5.57. The molecule has 0 radical (unpaired) electrons. The van der Waals surface area contributed by atoms with Crippen molar-refractivity contribution in [3.05, 3.63) is 35.4 Å². The molecule has 0 bridgehead atoms. The Labute approximate surface area is 119 Å². The molecule has 4 heteroatoms. The van der Waals surface area contributed by atoms with Gasteiger partial charge in [0, 0.05) is 12.5 Å². The molecule has 1 saturated carbocycles. The van der Waals surface area contributed by atoms with E-state index in [9.17, 15) is 9.59 Å². The first-order valence-electron chi connectivity index (χ1n) is 7.14. The lowest BCUT2D eigenvalue weighted by molar-refractivity contribution is -0.136. The minimum Gasteiger partial charge on any atom is -0.481 e. The molecule has 2 unspecified atom stereocenters. The van der Waals surface area contributed by atoms with Crippen LogP contribution in [0.4, 0.5) is 0 Å². The third-order valence-electron chi connectivity index (χ3n) is 4.11. The summed E-state index contributed by atoms with van der Waals surface area (Å²) >= 11 is 0. The van der Waals surface area contributed by atoms with Crippen molar-refractivity contribution < 1.29 is 14.7 Å². The van der Waals surface area contributed by atoms with Crippen LogP contribution >= 0.6 is 0 Å². The topological polar surface area (TPSA) is 66.4 Å². The summed E-state index contributed by atoms with van der Waals surface area (Å²) in [5.41, 5.74) is 1.65. The molecule has 1 aromatic carbocycles. The Hall–Kier alpha value is -1.84. The van der Waals surface area contributed by atoms with Gasteiger partial charge in [-0.2, -0.15) is 0 Å². The fourth-order valence-corrected chi connectivity index (χ4v) is 2.91. The summed E-state index contributed by atoms with van der Waals surface area (Å²) in [5, 5.41) is 11.8. The van der Waals surface area contributed by atoms with Crippen LogP contribution in [0.1, 0.15) is 37.3 Å². The van der Waals surface area contributed by atoms with Gasteiger partial charge in [0.15, 0.2) is 0 Å².